The molecule has 1 aliphatic rings. The number of hydrogen-bond acceptors (Lipinski definition) is 5. The van der Waals surface area contributed by atoms with Crippen LogP contribution in [0.15, 0.2) is 63.3 Å². The first kappa shape index (κ1) is 17.2. The maximum absolute atomic E-state index is 13.4. The summed E-state index contributed by atoms with van der Waals surface area (Å²) in [5.74, 6) is -0.323. The van der Waals surface area contributed by atoms with E-state index in [1.54, 1.807) is 41.9 Å². The lowest BCUT2D eigenvalue weighted by Gasteiger charge is -2.22. The van der Waals surface area contributed by atoms with Crippen LogP contribution in [0.2, 0.25) is 5.02 Å². The highest BCUT2D eigenvalue weighted by atomic mass is 35.5. The van der Waals surface area contributed by atoms with E-state index in [2.05, 4.69) is 4.98 Å². The fourth-order valence-electron chi connectivity index (χ4n) is 3.61. The number of halogens is 1. The first-order chi connectivity index (χ1) is 13.5. The van der Waals surface area contributed by atoms with Gasteiger partial charge in [-0.1, -0.05) is 35.4 Å². The van der Waals surface area contributed by atoms with E-state index in [1.165, 1.54) is 16.2 Å². The first-order valence-electron chi connectivity index (χ1n) is 8.60. The van der Waals surface area contributed by atoms with Gasteiger partial charge in [0.2, 0.25) is 5.76 Å². The topological polar surface area (TPSA) is 63.4 Å². The normalized spacial score (nSPS) is 16.0. The molecule has 2 aromatic heterocycles. The third kappa shape index (κ3) is 2.49. The quantitative estimate of drug-likeness (QED) is 0.470. The molecular formula is C21H13ClN2O3S. The van der Waals surface area contributed by atoms with Crippen molar-refractivity contribution in [3.05, 3.63) is 91.7 Å². The van der Waals surface area contributed by atoms with Crippen LogP contribution < -0.4 is 10.3 Å². The van der Waals surface area contributed by atoms with Gasteiger partial charge in [-0.2, -0.15) is 0 Å². The van der Waals surface area contributed by atoms with Gasteiger partial charge in [-0.15, -0.1) is 11.3 Å². The molecule has 0 saturated carbocycles. The highest BCUT2D eigenvalue weighted by molar-refractivity contribution is 7.13. The number of thiazole rings is 1. The van der Waals surface area contributed by atoms with Gasteiger partial charge >= 0.3 is 0 Å². The largest absolute Gasteiger partial charge is 0.450 e. The van der Waals surface area contributed by atoms with Gasteiger partial charge in [-0.3, -0.25) is 14.5 Å². The molecule has 0 aliphatic carbocycles. The first-order valence-corrected chi connectivity index (χ1v) is 9.86. The molecule has 5 rings (SSSR count). The summed E-state index contributed by atoms with van der Waals surface area (Å²) in [5, 5.41) is 3.27. The molecular weight excluding hydrogens is 396 g/mol. The summed E-state index contributed by atoms with van der Waals surface area (Å²) in [5.41, 5.74) is 2.18. The second kappa shape index (κ2) is 6.29. The monoisotopic (exact) mass is 408 g/mol. The van der Waals surface area contributed by atoms with Gasteiger partial charge < -0.3 is 4.42 Å². The maximum Gasteiger partial charge on any atom is 0.297 e. The molecule has 7 heteroatoms. The molecule has 2 aromatic carbocycles. The molecule has 0 saturated heterocycles. The minimum Gasteiger partial charge on any atom is -0.450 e. The number of nitrogens with zero attached hydrogens (tertiary/aromatic N) is 2. The zero-order chi connectivity index (χ0) is 19.4. The highest BCUT2D eigenvalue weighted by Crippen LogP contribution is 2.42. The summed E-state index contributed by atoms with van der Waals surface area (Å²) < 4.78 is 5.92. The van der Waals surface area contributed by atoms with Crippen LogP contribution in [-0.2, 0) is 0 Å². The van der Waals surface area contributed by atoms with Gasteiger partial charge in [0, 0.05) is 16.6 Å². The van der Waals surface area contributed by atoms with E-state index < -0.39 is 6.04 Å². The second-order valence-corrected chi connectivity index (χ2v) is 7.93. The Kier molecular flexibility index (Phi) is 3.86. The average Bonchev–Trinajstić information content (AvgIpc) is 3.29. The van der Waals surface area contributed by atoms with E-state index in [0.717, 1.165) is 11.1 Å². The van der Waals surface area contributed by atoms with Crippen molar-refractivity contribution in [3.8, 4) is 0 Å². The van der Waals surface area contributed by atoms with Gasteiger partial charge in [0.05, 0.1) is 17.0 Å². The summed E-state index contributed by atoms with van der Waals surface area (Å²) in [4.78, 5) is 32.5. The van der Waals surface area contributed by atoms with Crippen molar-refractivity contribution in [1.82, 2.24) is 4.98 Å². The average molecular weight is 409 g/mol. The molecule has 5 nitrogen and oxygen atoms in total. The van der Waals surface area contributed by atoms with E-state index in [0.29, 0.717) is 26.7 Å². The number of carbonyl (C=O) groups is 1. The molecule has 1 aliphatic heterocycles. The van der Waals surface area contributed by atoms with Crippen molar-refractivity contribution in [1.29, 1.82) is 0 Å². The van der Waals surface area contributed by atoms with Crippen LogP contribution in [0.5, 0.6) is 0 Å². The predicted molar refractivity (Wildman–Crippen MR) is 109 cm³/mol. The Hall–Kier alpha value is -2.96. The Morgan fingerprint density at radius 3 is 2.79 bits per heavy atom. The van der Waals surface area contributed by atoms with Gasteiger partial charge in [0.25, 0.3) is 5.91 Å². The van der Waals surface area contributed by atoms with Crippen LogP contribution in [0, 0.1) is 6.92 Å². The van der Waals surface area contributed by atoms with E-state index >= 15 is 0 Å². The third-order valence-corrected chi connectivity index (χ3v) is 5.82. The molecule has 0 bridgehead atoms. The number of carbonyl (C=O) groups excluding carboxylic acids is 1. The van der Waals surface area contributed by atoms with Gasteiger partial charge in [0.15, 0.2) is 10.6 Å². The molecule has 3 heterocycles. The van der Waals surface area contributed by atoms with Crippen LogP contribution in [0.3, 0.4) is 0 Å². The number of aromatic nitrogens is 1. The second-order valence-electron chi connectivity index (χ2n) is 6.62. The highest BCUT2D eigenvalue weighted by Gasteiger charge is 2.44. The molecule has 0 fully saturated rings. The van der Waals surface area contributed by atoms with Crippen molar-refractivity contribution >= 4 is 44.9 Å². The smallest absolute Gasteiger partial charge is 0.297 e. The summed E-state index contributed by atoms with van der Waals surface area (Å²) >= 11 is 7.52. The lowest BCUT2D eigenvalue weighted by Crippen LogP contribution is -2.29. The van der Waals surface area contributed by atoms with E-state index in [9.17, 15) is 9.59 Å². The molecule has 0 unspecified atom stereocenters. The molecule has 1 atom stereocenters. The minimum absolute atomic E-state index is 0.0570. The zero-order valence-corrected chi connectivity index (χ0v) is 16.3. The van der Waals surface area contributed by atoms with Crippen LogP contribution in [0.4, 0.5) is 5.13 Å². The molecule has 0 N–H and O–H groups in total. The van der Waals surface area contributed by atoms with Crippen LogP contribution >= 0.6 is 22.9 Å². The predicted octanol–water partition coefficient (Wildman–Crippen LogP) is 4.96. The standard InChI is InChI=1S/C21H13ClN2O3S/c1-11-5-6-15-14(9-11)18(25)16-17(12-3-2-4-13(22)10-12)24(20(26)19(16)27-15)21-23-7-8-28-21/h2-10,17H,1H3/t17-/m1/s1. The lowest BCUT2D eigenvalue weighted by atomic mass is 9.98. The van der Waals surface area contributed by atoms with Crippen molar-refractivity contribution < 1.29 is 9.21 Å². The Morgan fingerprint density at radius 1 is 1.18 bits per heavy atom. The van der Waals surface area contributed by atoms with Gasteiger partial charge in [-0.05, 0) is 36.8 Å². The number of rotatable bonds is 2. The SMILES string of the molecule is Cc1ccc2oc3c(c(=O)c2c1)[C@@H](c1cccc(Cl)c1)N(c1nccs1)C3=O. The zero-order valence-electron chi connectivity index (χ0n) is 14.7. The number of aryl methyl sites for hydroxylation is 1. The molecule has 28 heavy (non-hydrogen) atoms. The number of fused-ring (bicyclic) bond motifs is 2. The van der Waals surface area contributed by atoms with E-state index in [4.69, 9.17) is 16.0 Å². The summed E-state index contributed by atoms with van der Waals surface area (Å²) in [6.07, 6.45) is 1.63. The molecule has 4 aromatic rings. The number of hydrogen-bond donors (Lipinski definition) is 0. The van der Waals surface area contributed by atoms with Crippen molar-refractivity contribution in [2.45, 2.75) is 13.0 Å². The number of benzene rings is 2. The lowest BCUT2D eigenvalue weighted by molar-refractivity contribution is 0.0971. The van der Waals surface area contributed by atoms with Crippen molar-refractivity contribution in [3.63, 3.8) is 0 Å². The summed E-state index contributed by atoms with van der Waals surface area (Å²) in [6.45, 7) is 1.91. The van der Waals surface area contributed by atoms with E-state index in [-0.39, 0.29) is 17.1 Å². The van der Waals surface area contributed by atoms with Gasteiger partial charge in [0.1, 0.15) is 5.58 Å². The Morgan fingerprint density at radius 2 is 2.04 bits per heavy atom. The van der Waals surface area contributed by atoms with Crippen LogP contribution in [-0.4, -0.2) is 10.9 Å². The molecule has 0 radical (unpaired) electrons. The molecule has 0 spiro atoms. The summed E-state index contributed by atoms with van der Waals surface area (Å²) in [6, 6.07) is 11.9. The third-order valence-electron chi connectivity index (χ3n) is 4.82. The summed E-state index contributed by atoms with van der Waals surface area (Å²) in [7, 11) is 0. The van der Waals surface area contributed by atoms with Crippen molar-refractivity contribution in [2.75, 3.05) is 4.90 Å². The minimum atomic E-state index is -0.645. The van der Waals surface area contributed by atoms with Gasteiger partial charge in [-0.25, -0.2) is 4.98 Å². The van der Waals surface area contributed by atoms with Crippen molar-refractivity contribution in [2.24, 2.45) is 0 Å². The van der Waals surface area contributed by atoms with Crippen LogP contribution in [0.25, 0.3) is 11.0 Å². The molecule has 138 valence electrons. The van der Waals surface area contributed by atoms with E-state index in [1.807, 2.05) is 19.1 Å². The number of anilines is 1. The molecule has 1 amide bonds. The maximum atomic E-state index is 13.4. The Bertz CT molecular complexity index is 1300. The fraction of sp³-hybridized carbons (Fsp3) is 0.0952. The Labute approximate surface area is 168 Å². The number of amides is 1. The fourth-order valence-corrected chi connectivity index (χ4v) is 4.48. The Balaban J connectivity index is 1.85. The van der Waals surface area contributed by atoms with Crippen LogP contribution in [0.1, 0.15) is 33.3 Å².